The molecule has 7 heteroatoms. The fourth-order valence-corrected chi connectivity index (χ4v) is 3.21. The Morgan fingerprint density at radius 3 is 2.52 bits per heavy atom. The first kappa shape index (κ1) is 15.8. The third-order valence-corrected chi connectivity index (χ3v) is 4.67. The standard InChI is InChI=1S/C14H10Cl2N2O2S/c15-12-3-1-2-10(6-12)9-18-21(19,20)13-5-4-11(8-17)14(16)7-13/h1-7,18H,9H2. The summed E-state index contributed by atoms with van der Waals surface area (Å²) >= 11 is 11.7. The maximum atomic E-state index is 12.2. The van der Waals surface area contributed by atoms with E-state index in [2.05, 4.69) is 4.72 Å². The summed E-state index contributed by atoms with van der Waals surface area (Å²) in [4.78, 5) is 0.00790. The highest BCUT2D eigenvalue weighted by molar-refractivity contribution is 7.89. The van der Waals surface area contributed by atoms with Gasteiger partial charge in [0.15, 0.2) is 0 Å². The Hall–Kier alpha value is -1.58. The molecule has 21 heavy (non-hydrogen) atoms. The summed E-state index contributed by atoms with van der Waals surface area (Å²) in [5.41, 5.74) is 0.969. The van der Waals surface area contributed by atoms with Crippen LogP contribution in [0.15, 0.2) is 47.4 Å². The molecule has 0 fully saturated rings. The molecule has 2 rings (SSSR count). The number of nitrogens with zero attached hydrogens (tertiary/aromatic N) is 1. The van der Waals surface area contributed by atoms with E-state index < -0.39 is 10.0 Å². The van der Waals surface area contributed by atoms with Gasteiger partial charge in [-0.1, -0.05) is 35.3 Å². The molecule has 0 saturated heterocycles. The van der Waals surface area contributed by atoms with Gasteiger partial charge in [-0.05, 0) is 35.9 Å². The molecule has 4 nitrogen and oxygen atoms in total. The van der Waals surface area contributed by atoms with Crippen LogP contribution < -0.4 is 4.72 Å². The predicted molar refractivity (Wildman–Crippen MR) is 81.6 cm³/mol. The summed E-state index contributed by atoms with van der Waals surface area (Å²) in [6, 6.07) is 12.7. The highest BCUT2D eigenvalue weighted by Crippen LogP contribution is 2.20. The van der Waals surface area contributed by atoms with Crippen LogP contribution >= 0.6 is 23.2 Å². The van der Waals surface area contributed by atoms with E-state index in [1.807, 2.05) is 6.07 Å². The molecule has 0 amide bonds. The van der Waals surface area contributed by atoms with Gasteiger partial charge in [-0.25, -0.2) is 13.1 Å². The molecular weight excluding hydrogens is 331 g/mol. The van der Waals surface area contributed by atoms with Crippen molar-refractivity contribution in [3.63, 3.8) is 0 Å². The van der Waals surface area contributed by atoms with Crippen molar-refractivity contribution in [3.8, 4) is 6.07 Å². The third-order valence-electron chi connectivity index (χ3n) is 2.73. The van der Waals surface area contributed by atoms with Crippen LogP contribution in [0.2, 0.25) is 10.0 Å². The molecule has 1 N–H and O–H groups in total. The summed E-state index contributed by atoms with van der Waals surface area (Å²) in [7, 11) is -3.71. The normalized spacial score (nSPS) is 11.1. The van der Waals surface area contributed by atoms with E-state index in [0.717, 1.165) is 5.56 Å². The molecule has 0 saturated carbocycles. The first-order valence-corrected chi connectivity index (χ1v) is 8.10. The monoisotopic (exact) mass is 340 g/mol. The highest BCUT2D eigenvalue weighted by Gasteiger charge is 2.15. The molecule has 0 aromatic heterocycles. The molecule has 0 atom stereocenters. The molecule has 2 aromatic carbocycles. The summed E-state index contributed by atoms with van der Waals surface area (Å²) in [6.45, 7) is 0.112. The van der Waals surface area contributed by atoms with Crippen LogP contribution in [-0.4, -0.2) is 8.42 Å². The second-order valence-electron chi connectivity index (χ2n) is 4.21. The predicted octanol–water partition coefficient (Wildman–Crippen LogP) is 3.34. The summed E-state index contributed by atoms with van der Waals surface area (Å²) in [6.07, 6.45) is 0. The minimum atomic E-state index is -3.71. The van der Waals surface area contributed by atoms with E-state index >= 15 is 0 Å². The maximum Gasteiger partial charge on any atom is 0.240 e. The van der Waals surface area contributed by atoms with Crippen molar-refractivity contribution in [3.05, 3.63) is 63.6 Å². The van der Waals surface area contributed by atoms with Crippen LogP contribution in [0, 0.1) is 11.3 Å². The number of benzene rings is 2. The Labute approximate surface area is 133 Å². The van der Waals surface area contributed by atoms with Crippen LogP contribution in [0.25, 0.3) is 0 Å². The van der Waals surface area contributed by atoms with Gasteiger partial charge in [0, 0.05) is 11.6 Å². The Kier molecular flexibility index (Phi) is 4.86. The third kappa shape index (κ3) is 3.96. The molecule has 0 radical (unpaired) electrons. The fourth-order valence-electron chi connectivity index (χ4n) is 1.66. The molecule has 0 bridgehead atoms. The number of sulfonamides is 1. The van der Waals surface area contributed by atoms with Gasteiger partial charge in [-0.15, -0.1) is 0 Å². The van der Waals surface area contributed by atoms with Gasteiger partial charge < -0.3 is 0 Å². The summed E-state index contributed by atoms with van der Waals surface area (Å²) < 4.78 is 26.8. The van der Waals surface area contributed by atoms with Crippen molar-refractivity contribution < 1.29 is 8.42 Å². The Bertz CT molecular complexity index is 814. The van der Waals surface area contributed by atoms with Crippen LogP contribution in [0.1, 0.15) is 11.1 Å². The van der Waals surface area contributed by atoms with Crippen molar-refractivity contribution in [2.75, 3.05) is 0 Å². The highest BCUT2D eigenvalue weighted by atomic mass is 35.5. The smallest absolute Gasteiger partial charge is 0.207 e. The maximum absolute atomic E-state index is 12.2. The van der Waals surface area contributed by atoms with Crippen LogP contribution in [-0.2, 0) is 16.6 Å². The van der Waals surface area contributed by atoms with Crippen molar-refractivity contribution in [1.29, 1.82) is 5.26 Å². The van der Waals surface area contributed by atoms with Crippen LogP contribution in [0.5, 0.6) is 0 Å². The van der Waals surface area contributed by atoms with Gasteiger partial charge in [0.05, 0.1) is 15.5 Å². The van der Waals surface area contributed by atoms with Crippen LogP contribution in [0.3, 0.4) is 0 Å². The van der Waals surface area contributed by atoms with Crippen LogP contribution in [0.4, 0.5) is 0 Å². The lowest BCUT2D eigenvalue weighted by molar-refractivity contribution is 0.581. The Morgan fingerprint density at radius 2 is 1.90 bits per heavy atom. The first-order valence-electron chi connectivity index (χ1n) is 5.86. The van der Waals surface area contributed by atoms with Gasteiger partial charge in [0.25, 0.3) is 0 Å². The Morgan fingerprint density at radius 1 is 1.14 bits per heavy atom. The minimum Gasteiger partial charge on any atom is -0.207 e. The molecule has 2 aromatic rings. The Balaban J connectivity index is 2.19. The molecule has 0 unspecified atom stereocenters. The summed E-state index contributed by atoms with van der Waals surface area (Å²) in [5.74, 6) is 0. The number of rotatable bonds is 4. The molecule has 0 spiro atoms. The van der Waals surface area contributed by atoms with E-state index in [0.29, 0.717) is 5.02 Å². The minimum absolute atomic E-state index is 0.00790. The van der Waals surface area contributed by atoms with E-state index in [1.54, 1.807) is 24.3 Å². The van der Waals surface area contributed by atoms with Crippen molar-refractivity contribution >= 4 is 33.2 Å². The lowest BCUT2D eigenvalue weighted by Crippen LogP contribution is -2.23. The fraction of sp³-hybridized carbons (Fsp3) is 0.0714. The number of nitriles is 1. The van der Waals surface area contributed by atoms with Gasteiger partial charge in [-0.3, -0.25) is 0 Å². The van der Waals surface area contributed by atoms with Gasteiger partial charge in [-0.2, -0.15) is 5.26 Å². The zero-order valence-corrected chi connectivity index (χ0v) is 13.0. The topological polar surface area (TPSA) is 70.0 Å². The number of hydrogen-bond donors (Lipinski definition) is 1. The second-order valence-corrected chi connectivity index (χ2v) is 6.82. The SMILES string of the molecule is N#Cc1ccc(S(=O)(=O)NCc2cccc(Cl)c2)cc1Cl. The van der Waals surface area contributed by atoms with E-state index in [4.69, 9.17) is 28.5 Å². The second kappa shape index (κ2) is 6.46. The molecule has 108 valence electrons. The van der Waals surface area contributed by atoms with E-state index in [-0.39, 0.29) is 22.0 Å². The molecule has 0 heterocycles. The van der Waals surface area contributed by atoms with Gasteiger partial charge in [0.1, 0.15) is 6.07 Å². The van der Waals surface area contributed by atoms with Crippen molar-refractivity contribution in [1.82, 2.24) is 4.72 Å². The molecule has 0 aliphatic carbocycles. The quantitative estimate of drug-likeness (QED) is 0.927. The number of halogens is 2. The lowest BCUT2D eigenvalue weighted by Gasteiger charge is -2.08. The zero-order chi connectivity index (χ0) is 15.5. The lowest BCUT2D eigenvalue weighted by atomic mass is 10.2. The largest absolute Gasteiger partial charge is 0.240 e. The number of nitrogens with one attached hydrogen (secondary N) is 1. The average molecular weight is 341 g/mol. The van der Waals surface area contributed by atoms with Gasteiger partial charge >= 0.3 is 0 Å². The first-order chi connectivity index (χ1) is 9.92. The molecule has 0 aliphatic rings. The van der Waals surface area contributed by atoms with Crippen molar-refractivity contribution in [2.24, 2.45) is 0 Å². The zero-order valence-electron chi connectivity index (χ0n) is 10.7. The summed E-state index contributed by atoms with van der Waals surface area (Å²) in [5, 5.41) is 9.41. The van der Waals surface area contributed by atoms with Crippen molar-refractivity contribution in [2.45, 2.75) is 11.4 Å². The number of hydrogen-bond acceptors (Lipinski definition) is 3. The average Bonchev–Trinajstić information content (AvgIpc) is 2.45. The molecular formula is C14H10Cl2N2O2S. The van der Waals surface area contributed by atoms with E-state index in [9.17, 15) is 8.42 Å². The van der Waals surface area contributed by atoms with E-state index in [1.165, 1.54) is 18.2 Å². The molecule has 0 aliphatic heterocycles. The van der Waals surface area contributed by atoms with Gasteiger partial charge in [0.2, 0.25) is 10.0 Å².